The van der Waals surface area contributed by atoms with Crippen LogP contribution in [-0.2, 0) is 20.4 Å². The Labute approximate surface area is 253 Å². The van der Waals surface area contributed by atoms with Crippen LogP contribution in [0.3, 0.4) is 0 Å². The fourth-order valence-corrected chi connectivity index (χ4v) is 4.12. The Bertz CT molecular complexity index is 1100. The molecule has 2 aromatic rings. The number of nitrogens with zero attached hydrogens (tertiary/aromatic N) is 2. The Kier molecular flexibility index (Phi) is 19.9. The molecule has 0 aliphatic heterocycles. The molecule has 39 heavy (non-hydrogen) atoms. The van der Waals surface area contributed by atoms with Gasteiger partial charge in [0.1, 0.15) is 0 Å². The summed E-state index contributed by atoms with van der Waals surface area (Å²) in [7, 11) is 0. The van der Waals surface area contributed by atoms with E-state index in [2.05, 4.69) is 99.9 Å². The van der Waals surface area contributed by atoms with Gasteiger partial charge in [0.15, 0.2) is 0 Å². The van der Waals surface area contributed by atoms with Crippen molar-refractivity contribution in [2.24, 2.45) is 9.98 Å². The summed E-state index contributed by atoms with van der Waals surface area (Å²) in [4.78, 5) is 10.0. The molecule has 0 radical (unpaired) electrons. The van der Waals surface area contributed by atoms with E-state index >= 15 is 0 Å². The van der Waals surface area contributed by atoms with Gasteiger partial charge in [-0.25, -0.2) is 0 Å². The van der Waals surface area contributed by atoms with E-state index in [1.54, 1.807) is 0 Å². The number of aliphatic imine (C=N–C) groups is 2. The van der Waals surface area contributed by atoms with Crippen molar-refractivity contribution >= 4 is 22.8 Å². The van der Waals surface area contributed by atoms with Crippen LogP contribution >= 0.6 is 0 Å². The summed E-state index contributed by atoms with van der Waals surface area (Å²) in [6, 6.07) is 16.6. The third-order valence-electron chi connectivity index (χ3n) is 6.47. The molecule has 2 rings (SSSR count). The molecule has 0 aromatic heterocycles. The zero-order valence-corrected chi connectivity index (χ0v) is 26.3. The van der Waals surface area contributed by atoms with Gasteiger partial charge in [-0.05, 0) is 80.6 Å². The van der Waals surface area contributed by atoms with Crippen LogP contribution in [-0.4, -0.2) is 11.4 Å². The summed E-state index contributed by atoms with van der Waals surface area (Å²) in [5.74, 6) is 13.2. The molecule has 0 saturated heterocycles. The molecular weight excluding hydrogens is 567 g/mol. The van der Waals surface area contributed by atoms with Crippen LogP contribution in [0, 0.1) is 23.7 Å². The Balaban J connectivity index is 0.00000760. The van der Waals surface area contributed by atoms with Crippen LogP contribution in [0.1, 0.15) is 129 Å². The topological polar surface area (TPSA) is 24.7 Å². The molecule has 0 N–H and O–H groups in total. The first-order valence-corrected chi connectivity index (χ1v) is 15.0. The molecule has 0 aliphatic rings. The third kappa shape index (κ3) is 15.1. The minimum atomic E-state index is 0. The van der Waals surface area contributed by atoms with Crippen LogP contribution in [0.4, 0.5) is 11.4 Å². The standard InChI is InChI=1S/C36H48N2.Pd/c1-5-9-12-14-16-18-20-31-23-27-33(28-24-31)37-35(8-4)36(22-11-7-3)38-34-29-25-32(26-30-34)21-19-17-15-13-10-6-2;/h23-30H,5-17,22H2,1-4H3;. The molecule has 3 heteroatoms. The first-order valence-electron chi connectivity index (χ1n) is 15.0. The SMILES string of the molecule is CCCCCCC#Cc1ccc(N=C(CC)C(CCCC)=Nc2ccc(C#CCCCCCC)cc2)cc1.[Pd]. The van der Waals surface area contributed by atoms with E-state index in [9.17, 15) is 0 Å². The second kappa shape index (κ2) is 22.4. The smallest absolute Gasteiger partial charge is 0.0634 e. The second-order valence-corrected chi connectivity index (χ2v) is 9.89. The summed E-state index contributed by atoms with van der Waals surface area (Å²) < 4.78 is 0. The summed E-state index contributed by atoms with van der Waals surface area (Å²) in [5, 5.41) is 0. The fraction of sp³-hybridized carbons (Fsp3) is 0.500. The molecule has 0 saturated carbocycles. The zero-order chi connectivity index (χ0) is 27.3. The predicted octanol–water partition coefficient (Wildman–Crippen LogP) is 10.8. The Hall–Kier alpha value is -2.44. The van der Waals surface area contributed by atoms with E-state index in [1.165, 1.54) is 51.4 Å². The Morgan fingerprint density at radius 2 is 0.974 bits per heavy atom. The van der Waals surface area contributed by atoms with Gasteiger partial charge < -0.3 is 0 Å². The van der Waals surface area contributed by atoms with Crippen molar-refractivity contribution in [1.82, 2.24) is 0 Å². The minimum Gasteiger partial charge on any atom is -0.252 e. The van der Waals surface area contributed by atoms with Crippen LogP contribution in [0.15, 0.2) is 58.5 Å². The van der Waals surface area contributed by atoms with E-state index in [4.69, 9.17) is 9.98 Å². The van der Waals surface area contributed by atoms with Crippen molar-refractivity contribution < 1.29 is 20.4 Å². The average Bonchev–Trinajstić information content (AvgIpc) is 2.95. The minimum absolute atomic E-state index is 0. The van der Waals surface area contributed by atoms with Crippen molar-refractivity contribution in [3.8, 4) is 23.7 Å². The maximum Gasteiger partial charge on any atom is 0.0634 e. The average molecular weight is 615 g/mol. The van der Waals surface area contributed by atoms with Gasteiger partial charge in [0.05, 0.1) is 22.8 Å². The normalized spacial score (nSPS) is 11.2. The summed E-state index contributed by atoms with van der Waals surface area (Å²) in [6.45, 7) is 8.86. The molecule has 0 atom stereocenters. The first-order chi connectivity index (χ1) is 18.7. The molecule has 0 aliphatic carbocycles. The second-order valence-electron chi connectivity index (χ2n) is 9.89. The molecule has 0 bridgehead atoms. The molecule has 0 spiro atoms. The van der Waals surface area contributed by atoms with Gasteiger partial charge in [-0.2, -0.15) is 0 Å². The predicted molar refractivity (Wildman–Crippen MR) is 168 cm³/mol. The molecule has 0 unspecified atom stereocenters. The molecular formula is C36H48N2Pd. The van der Waals surface area contributed by atoms with E-state index < -0.39 is 0 Å². The van der Waals surface area contributed by atoms with Gasteiger partial charge in [0, 0.05) is 44.4 Å². The van der Waals surface area contributed by atoms with Gasteiger partial charge in [-0.1, -0.05) is 96.3 Å². The number of hydrogen-bond acceptors (Lipinski definition) is 2. The van der Waals surface area contributed by atoms with Crippen LogP contribution in [0.25, 0.3) is 0 Å². The van der Waals surface area contributed by atoms with Crippen LogP contribution in [0.2, 0.25) is 0 Å². The van der Waals surface area contributed by atoms with Gasteiger partial charge in [-0.3, -0.25) is 9.98 Å². The van der Waals surface area contributed by atoms with Crippen molar-refractivity contribution in [2.75, 3.05) is 0 Å². The quantitative estimate of drug-likeness (QED) is 0.0825. The van der Waals surface area contributed by atoms with Crippen molar-refractivity contribution in [3.05, 3.63) is 59.7 Å². The fourth-order valence-electron chi connectivity index (χ4n) is 4.12. The summed E-state index contributed by atoms with van der Waals surface area (Å²) in [5.41, 5.74) is 6.19. The number of benzene rings is 2. The summed E-state index contributed by atoms with van der Waals surface area (Å²) >= 11 is 0. The van der Waals surface area contributed by atoms with Gasteiger partial charge >= 0.3 is 0 Å². The van der Waals surface area contributed by atoms with Gasteiger partial charge in [0.2, 0.25) is 0 Å². The molecule has 2 aromatic carbocycles. The van der Waals surface area contributed by atoms with Gasteiger partial charge in [-0.15, -0.1) is 0 Å². The van der Waals surface area contributed by atoms with E-state index in [-0.39, 0.29) is 20.4 Å². The van der Waals surface area contributed by atoms with Crippen molar-refractivity contribution in [1.29, 1.82) is 0 Å². The van der Waals surface area contributed by atoms with Crippen LogP contribution in [0.5, 0.6) is 0 Å². The third-order valence-corrected chi connectivity index (χ3v) is 6.47. The van der Waals surface area contributed by atoms with Crippen LogP contribution < -0.4 is 0 Å². The molecule has 2 nitrogen and oxygen atoms in total. The zero-order valence-electron chi connectivity index (χ0n) is 24.7. The Morgan fingerprint density at radius 3 is 1.38 bits per heavy atom. The molecule has 0 amide bonds. The number of unbranched alkanes of at least 4 members (excludes halogenated alkanes) is 9. The summed E-state index contributed by atoms with van der Waals surface area (Å²) in [6.07, 6.45) is 16.0. The van der Waals surface area contributed by atoms with Crippen molar-refractivity contribution in [2.45, 2.75) is 118 Å². The van der Waals surface area contributed by atoms with Gasteiger partial charge in [0.25, 0.3) is 0 Å². The van der Waals surface area contributed by atoms with E-state index in [1.807, 2.05) is 0 Å². The monoisotopic (exact) mass is 614 g/mol. The van der Waals surface area contributed by atoms with Crippen molar-refractivity contribution in [3.63, 3.8) is 0 Å². The molecule has 0 fully saturated rings. The number of hydrogen-bond donors (Lipinski definition) is 0. The molecule has 0 heterocycles. The number of rotatable bonds is 15. The Morgan fingerprint density at radius 1 is 0.538 bits per heavy atom. The van der Waals surface area contributed by atoms with E-state index in [0.29, 0.717) is 0 Å². The van der Waals surface area contributed by atoms with E-state index in [0.717, 1.165) is 72.4 Å². The first kappa shape index (κ1) is 34.6. The largest absolute Gasteiger partial charge is 0.252 e. The maximum atomic E-state index is 5.04. The maximum absolute atomic E-state index is 5.04. The molecule has 212 valence electrons.